The minimum absolute atomic E-state index is 0.203. The van der Waals surface area contributed by atoms with Crippen molar-refractivity contribution in [3.05, 3.63) is 47.6 Å². The predicted octanol–water partition coefficient (Wildman–Crippen LogP) is 3.56. The molecule has 25 heavy (non-hydrogen) atoms. The van der Waals surface area contributed by atoms with Crippen molar-refractivity contribution in [3.8, 4) is 11.5 Å². The fraction of sp³-hybridized carbons (Fsp3) is 0.250. The number of hydrogen-bond donors (Lipinski definition) is 2. The van der Waals surface area contributed by atoms with Gasteiger partial charge >= 0.3 is 6.03 Å². The molecule has 0 fully saturated rings. The van der Waals surface area contributed by atoms with E-state index in [1.807, 2.05) is 19.1 Å². The second kappa shape index (κ2) is 7.80. The molecule has 3 rings (SSSR count). The highest BCUT2D eigenvalue weighted by molar-refractivity contribution is 6.33. The molecule has 2 aromatic heterocycles. The molecule has 8 nitrogen and oxygen atoms in total. The Kier molecular flexibility index (Phi) is 5.30. The lowest BCUT2D eigenvalue weighted by Gasteiger charge is -2.20. The van der Waals surface area contributed by atoms with Gasteiger partial charge in [0.25, 0.3) is 0 Å². The van der Waals surface area contributed by atoms with E-state index in [0.29, 0.717) is 34.6 Å². The molecule has 0 saturated heterocycles. The number of halogens is 1. The highest BCUT2D eigenvalue weighted by Gasteiger charge is 2.18. The zero-order chi connectivity index (χ0) is 17.6. The van der Waals surface area contributed by atoms with Crippen LogP contribution in [0, 0.1) is 0 Å². The number of carbonyl (C=O) groups excluding carboxylic acids is 1. The number of nitrogens with zero attached hydrogens (tertiary/aromatic N) is 4. The van der Waals surface area contributed by atoms with Gasteiger partial charge in [-0.2, -0.15) is 5.10 Å². The SMILES string of the molecule is CCCN(Cc1nnc(-c2ccccc2Cl)o1)C(=O)Nc1cn[nH]c1. The van der Waals surface area contributed by atoms with Crippen molar-refractivity contribution in [1.29, 1.82) is 0 Å². The Morgan fingerprint density at radius 2 is 2.20 bits per heavy atom. The Balaban J connectivity index is 1.72. The molecule has 9 heteroatoms. The van der Waals surface area contributed by atoms with Gasteiger partial charge in [-0.25, -0.2) is 4.79 Å². The monoisotopic (exact) mass is 360 g/mol. The van der Waals surface area contributed by atoms with Crippen LogP contribution < -0.4 is 5.32 Å². The number of anilines is 1. The molecular weight excluding hydrogens is 344 g/mol. The minimum atomic E-state index is -0.263. The van der Waals surface area contributed by atoms with E-state index in [-0.39, 0.29) is 12.6 Å². The summed E-state index contributed by atoms with van der Waals surface area (Å²) in [6, 6.07) is 6.96. The number of H-pyrrole nitrogens is 1. The summed E-state index contributed by atoms with van der Waals surface area (Å²) in [6.45, 7) is 2.74. The first kappa shape index (κ1) is 17.0. The minimum Gasteiger partial charge on any atom is -0.419 e. The standard InChI is InChI=1S/C16H17ClN6O2/c1-2-7-23(16(24)20-11-8-18-19-9-11)10-14-21-22-15(25-14)12-5-3-4-6-13(12)17/h3-6,8-9H,2,7,10H2,1H3,(H,18,19)(H,20,24). The van der Waals surface area contributed by atoms with Gasteiger partial charge in [-0.05, 0) is 18.6 Å². The van der Waals surface area contributed by atoms with Crippen LogP contribution >= 0.6 is 11.6 Å². The number of urea groups is 1. The third kappa shape index (κ3) is 4.16. The highest BCUT2D eigenvalue weighted by atomic mass is 35.5. The molecule has 0 saturated carbocycles. The number of hydrogen-bond acceptors (Lipinski definition) is 5. The second-order valence-electron chi connectivity index (χ2n) is 5.32. The first-order valence-electron chi connectivity index (χ1n) is 7.79. The fourth-order valence-electron chi connectivity index (χ4n) is 2.27. The molecule has 0 spiro atoms. The molecule has 0 unspecified atom stereocenters. The predicted molar refractivity (Wildman–Crippen MR) is 93.1 cm³/mol. The van der Waals surface area contributed by atoms with Crippen LogP contribution in [0.4, 0.5) is 10.5 Å². The van der Waals surface area contributed by atoms with Gasteiger partial charge in [0.05, 0.1) is 22.5 Å². The maximum Gasteiger partial charge on any atom is 0.322 e. The summed E-state index contributed by atoms with van der Waals surface area (Å²) in [5.41, 5.74) is 1.25. The average molecular weight is 361 g/mol. The molecule has 1 aromatic carbocycles. The van der Waals surface area contributed by atoms with Crippen molar-refractivity contribution in [1.82, 2.24) is 25.3 Å². The number of aromatic amines is 1. The summed E-state index contributed by atoms with van der Waals surface area (Å²) in [6.07, 6.45) is 3.93. The molecule has 3 aromatic rings. The summed E-state index contributed by atoms with van der Waals surface area (Å²) in [5, 5.41) is 17.8. The number of carbonyl (C=O) groups is 1. The maximum absolute atomic E-state index is 12.4. The normalized spacial score (nSPS) is 10.6. The maximum atomic E-state index is 12.4. The molecule has 0 atom stereocenters. The van der Waals surface area contributed by atoms with Crippen LogP contribution in [0.5, 0.6) is 0 Å². The third-order valence-electron chi connectivity index (χ3n) is 3.43. The smallest absolute Gasteiger partial charge is 0.322 e. The van der Waals surface area contributed by atoms with E-state index in [1.54, 1.807) is 23.2 Å². The van der Waals surface area contributed by atoms with E-state index in [0.717, 1.165) is 6.42 Å². The molecule has 2 heterocycles. The molecule has 0 aliphatic carbocycles. The number of benzene rings is 1. The van der Waals surface area contributed by atoms with Crippen molar-refractivity contribution in [2.24, 2.45) is 0 Å². The van der Waals surface area contributed by atoms with Crippen LogP contribution in [0.2, 0.25) is 5.02 Å². The molecule has 0 aliphatic rings. The molecule has 130 valence electrons. The number of amides is 2. The zero-order valence-electron chi connectivity index (χ0n) is 13.6. The van der Waals surface area contributed by atoms with E-state index in [9.17, 15) is 4.79 Å². The van der Waals surface area contributed by atoms with Crippen molar-refractivity contribution in [3.63, 3.8) is 0 Å². The molecule has 2 amide bonds. The van der Waals surface area contributed by atoms with Gasteiger partial charge in [0.1, 0.15) is 6.54 Å². The Morgan fingerprint density at radius 3 is 2.92 bits per heavy atom. The van der Waals surface area contributed by atoms with Crippen LogP contribution in [0.15, 0.2) is 41.1 Å². The summed E-state index contributed by atoms with van der Waals surface area (Å²) in [5.74, 6) is 0.665. The summed E-state index contributed by atoms with van der Waals surface area (Å²) < 4.78 is 5.67. The summed E-state index contributed by atoms with van der Waals surface area (Å²) >= 11 is 6.14. The fourth-order valence-corrected chi connectivity index (χ4v) is 2.48. The van der Waals surface area contributed by atoms with Gasteiger partial charge in [0, 0.05) is 12.7 Å². The van der Waals surface area contributed by atoms with Gasteiger partial charge in [-0.1, -0.05) is 30.7 Å². The number of nitrogens with one attached hydrogen (secondary N) is 2. The summed E-state index contributed by atoms with van der Waals surface area (Å²) in [7, 11) is 0. The number of aromatic nitrogens is 4. The molecule has 0 bridgehead atoms. The van der Waals surface area contributed by atoms with Crippen LogP contribution in [0.1, 0.15) is 19.2 Å². The van der Waals surface area contributed by atoms with E-state index in [1.165, 1.54) is 6.20 Å². The molecule has 0 aliphatic heterocycles. The topological polar surface area (TPSA) is 99.9 Å². The average Bonchev–Trinajstić information content (AvgIpc) is 3.27. The van der Waals surface area contributed by atoms with Gasteiger partial charge in [0.2, 0.25) is 11.8 Å². The van der Waals surface area contributed by atoms with E-state index >= 15 is 0 Å². The lowest BCUT2D eigenvalue weighted by molar-refractivity contribution is 0.203. The van der Waals surface area contributed by atoms with Crippen LogP contribution in [-0.4, -0.2) is 37.9 Å². The lowest BCUT2D eigenvalue weighted by atomic mass is 10.2. The van der Waals surface area contributed by atoms with Crippen molar-refractivity contribution >= 4 is 23.3 Å². The summed E-state index contributed by atoms with van der Waals surface area (Å²) in [4.78, 5) is 14.0. The van der Waals surface area contributed by atoms with Gasteiger partial charge in [0.15, 0.2) is 0 Å². The van der Waals surface area contributed by atoms with Crippen LogP contribution in [-0.2, 0) is 6.54 Å². The Labute approximate surface area is 149 Å². The second-order valence-corrected chi connectivity index (χ2v) is 5.73. The lowest BCUT2D eigenvalue weighted by Crippen LogP contribution is -2.35. The van der Waals surface area contributed by atoms with E-state index < -0.39 is 0 Å². The van der Waals surface area contributed by atoms with E-state index in [2.05, 4.69) is 25.7 Å². The van der Waals surface area contributed by atoms with Crippen molar-refractivity contribution in [2.75, 3.05) is 11.9 Å². The van der Waals surface area contributed by atoms with Gasteiger partial charge in [-0.3, -0.25) is 5.10 Å². The van der Waals surface area contributed by atoms with Crippen molar-refractivity contribution in [2.45, 2.75) is 19.9 Å². The van der Waals surface area contributed by atoms with Gasteiger partial charge < -0.3 is 14.6 Å². The highest BCUT2D eigenvalue weighted by Crippen LogP contribution is 2.26. The Bertz CT molecular complexity index is 833. The first-order chi connectivity index (χ1) is 12.2. The van der Waals surface area contributed by atoms with Gasteiger partial charge in [-0.15, -0.1) is 10.2 Å². The largest absolute Gasteiger partial charge is 0.419 e. The molecular formula is C16H17ClN6O2. The third-order valence-corrected chi connectivity index (χ3v) is 3.76. The first-order valence-corrected chi connectivity index (χ1v) is 8.17. The number of rotatable bonds is 6. The van der Waals surface area contributed by atoms with Crippen molar-refractivity contribution < 1.29 is 9.21 Å². The zero-order valence-corrected chi connectivity index (χ0v) is 14.3. The Morgan fingerprint density at radius 1 is 1.36 bits per heavy atom. The van der Waals surface area contributed by atoms with Crippen LogP contribution in [0.3, 0.4) is 0 Å². The Hall–Kier alpha value is -2.87. The van der Waals surface area contributed by atoms with Crippen LogP contribution in [0.25, 0.3) is 11.5 Å². The van der Waals surface area contributed by atoms with E-state index in [4.69, 9.17) is 16.0 Å². The molecule has 2 N–H and O–H groups in total. The molecule has 0 radical (unpaired) electrons. The quantitative estimate of drug-likeness (QED) is 0.700.